The number of hydrogen-bond donors (Lipinski definition) is 2. The first-order valence-electron chi connectivity index (χ1n) is 9.59. The van der Waals surface area contributed by atoms with E-state index in [1.54, 1.807) is 36.4 Å². The zero-order valence-electron chi connectivity index (χ0n) is 17.2. The second kappa shape index (κ2) is 10.5. The molecule has 31 heavy (non-hydrogen) atoms. The predicted molar refractivity (Wildman–Crippen MR) is 121 cm³/mol. The summed E-state index contributed by atoms with van der Waals surface area (Å²) in [5.41, 5.74) is 3.24. The number of rotatable bonds is 10. The van der Waals surface area contributed by atoms with Crippen LogP contribution in [-0.2, 0) is 13.2 Å². The van der Waals surface area contributed by atoms with E-state index in [-0.39, 0.29) is 0 Å². The van der Waals surface area contributed by atoms with E-state index in [9.17, 15) is 0 Å². The molecule has 0 aliphatic rings. The molecule has 156 valence electrons. The zero-order valence-corrected chi connectivity index (χ0v) is 17.2. The molecule has 2 N–H and O–H groups in total. The highest BCUT2D eigenvalue weighted by molar-refractivity contribution is 5.75. The molecule has 0 saturated carbocycles. The molecule has 0 spiro atoms. The third-order valence-corrected chi connectivity index (χ3v) is 4.64. The molecule has 0 aromatic heterocycles. The molecule has 3 rings (SSSR count). The van der Waals surface area contributed by atoms with Gasteiger partial charge in [0.15, 0.2) is 11.5 Å². The van der Waals surface area contributed by atoms with Crippen molar-refractivity contribution in [3.05, 3.63) is 89.5 Å². The second-order valence-corrected chi connectivity index (χ2v) is 6.61. The number of hydrazine groups is 1. The predicted octanol–water partition coefficient (Wildman–Crippen LogP) is 4.58. The minimum absolute atomic E-state index is 0.377. The van der Waals surface area contributed by atoms with Crippen molar-refractivity contribution in [1.82, 2.24) is 5.01 Å². The third-order valence-electron chi connectivity index (χ3n) is 4.64. The third kappa shape index (κ3) is 5.40. The van der Waals surface area contributed by atoms with Gasteiger partial charge in [0, 0.05) is 0 Å². The van der Waals surface area contributed by atoms with Gasteiger partial charge in [0.05, 0.1) is 31.0 Å². The molecule has 0 heterocycles. The van der Waals surface area contributed by atoms with Crippen molar-refractivity contribution in [1.29, 1.82) is 16.1 Å². The number of nitriles is 1. The maximum Gasteiger partial charge on any atom is 0.162 e. The molecular formula is C24H23N5O2. The lowest BCUT2D eigenvalue weighted by Gasteiger charge is -2.31. The van der Waals surface area contributed by atoms with Gasteiger partial charge in [-0.1, -0.05) is 36.4 Å². The highest BCUT2D eigenvalue weighted by atomic mass is 16.5. The fourth-order valence-corrected chi connectivity index (χ4v) is 3.03. The largest absolute Gasteiger partial charge is 0.493 e. The van der Waals surface area contributed by atoms with E-state index in [1.165, 1.54) is 5.01 Å². The second-order valence-electron chi connectivity index (χ2n) is 6.61. The fourth-order valence-electron chi connectivity index (χ4n) is 3.03. The quantitative estimate of drug-likeness (QED) is 0.288. The molecule has 0 aliphatic carbocycles. The Hall–Kier alpha value is -4.31. The van der Waals surface area contributed by atoms with Gasteiger partial charge in [-0.15, -0.1) is 0 Å². The molecule has 0 unspecified atom stereocenters. The molecule has 7 heteroatoms. The lowest BCUT2D eigenvalue weighted by molar-refractivity contribution is 0.284. The van der Waals surface area contributed by atoms with Gasteiger partial charge in [0.2, 0.25) is 0 Å². The highest BCUT2D eigenvalue weighted by Crippen LogP contribution is 2.30. The summed E-state index contributed by atoms with van der Waals surface area (Å²) in [6, 6.07) is 24.6. The SMILES string of the molecule is COc1ccc(CN(c2ccc(C#N)cc2)N(C=N)C=N)cc1OCc1ccccc1. The van der Waals surface area contributed by atoms with Crippen molar-refractivity contribution in [2.24, 2.45) is 0 Å². The molecule has 0 atom stereocenters. The number of methoxy groups -OCH3 is 1. The topological polar surface area (TPSA) is 96.4 Å². The summed E-state index contributed by atoms with van der Waals surface area (Å²) in [6.45, 7) is 0.787. The summed E-state index contributed by atoms with van der Waals surface area (Å²) in [4.78, 5) is 0. The molecule has 3 aromatic carbocycles. The van der Waals surface area contributed by atoms with Crippen LogP contribution in [0.15, 0.2) is 72.8 Å². The summed E-state index contributed by atoms with van der Waals surface area (Å²) in [5.74, 6) is 1.24. The number of ether oxygens (including phenoxy) is 2. The summed E-state index contributed by atoms with van der Waals surface area (Å²) in [7, 11) is 1.60. The van der Waals surface area contributed by atoms with Gasteiger partial charge < -0.3 is 9.47 Å². The summed E-state index contributed by atoms with van der Waals surface area (Å²) < 4.78 is 11.4. The van der Waals surface area contributed by atoms with Crippen LogP contribution in [0.5, 0.6) is 11.5 Å². The Morgan fingerprint density at radius 2 is 1.61 bits per heavy atom. The maximum absolute atomic E-state index is 9.04. The molecule has 0 aliphatic heterocycles. The zero-order chi connectivity index (χ0) is 22.1. The first-order valence-corrected chi connectivity index (χ1v) is 9.59. The Morgan fingerprint density at radius 3 is 2.23 bits per heavy atom. The van der Waals surface area contributed by atoms with Crippen LogP contribution in [-0.4, -0.2) is 24.8 Å². The van der Waals surface area contributed by atoms with Crippen molar-refractivity contribution >= 4 is 18.4 Å². The molecule has 0 saturated heterocycles. The average Bonchev–Trinajstić information content (AvgIpc) is 2.83. The first kappa shape index (κ1) is 21.4. The minimum Gasteiger partial charge on any atom is -0.493 e. The minimum atomic E-state index is 0.377. The van der Waals surface area contributed by atoms with Gasteiger partial charge in [0.1, 0.15) is 19.3 Å². The van der Waals surface area contributed by atoms with Crippen LogP contribution >= 0.6 is 0 Å². The average molecular weight is 413 g/mol. The molecule has 3 aromatic rings. The van der Waals surface area contributed by atoms with E-state index in [0.717, 1.165) is 29.5 Å². The Morgan fingerprint density at radius 1 is 0.903 bits per heavy atom. The standard InChI is InChI=1S/C24H23N5O2/c1-30-23-12-9-21(13-24(23)31-16-20-5-3-2-4-6-20)15-29(28(17-26)18-27)22-10-7-19(14-25)8-11-22/h2-13,17-18,26-27H,15-16H2,1H3. The van der Waals surface area contributed by atoms with E-state index >= 15 is 0 Å². The normalized spacial score (nSPS) is 9.94. The lowest BCUT2D eigenvalue weighted by atomic mass is 10.1. The molecular weight excluding hydrogens is 390 g/mol. The number of nitrogens with zero attached hydrogens (tertiary/aromatic N) is 3. The highest BCUT2D eigenvalue weighted by Gasteiger charge is 2.15. The van der Waals surface area contributed by atoms with Crippen LogP contribution in [0.3, 0.4) is 0 Å². The summed E-state index contributed by atoms with van der Waals surface area (Å²) in [5, 5.41) is 27.5. The van der Waals surface area contributed by atoms with E-state index in [1.807, 2.05) is 48.5 Å². The first-order chi connectivity index (χ1) is 15.2. The van der Waals surface area contributed by atoms with Crippen LogP contribution in [0.2, 0.25) is 0 Å². The van der Waals surface area contributed by atoms with Crippen LogP contribution in [0.4, 0.5) is 5.69 Å². The number of benzene rings is 3. The Bertz CT molecular complexity index is 1050. The van der Waals surface area contributed by atoms with Gasteiger partial charge in [-0.3, -0.25) is 15.8 Å². The van der Waals surface area contributed by atoms with Crippen LogP contribution < -0.4 is 14.5 Å². The number of anilines is 1. The van der Waals surface area contributed by atoms with Crippen molar-refractivity contribution < 1.29 is 9.47 Å². The van der Waals surface area contributed by atoms with Gasteiger partial charge in [0.25, 0.3) is 0 Å². The number of hydrogen-bond acceptors (Lipinski definition) is 6. The molecule has 0 radical (unpaired) electrons. The lowest BCUT2D eigenvalue weighted by Crippen LogP contribution is -2.40. The Balaban J connectivity index is 1.86. The van der Waals surface area contributed by atoms with E-state index in [2.05, 4.69) is 6.07 Å². The fraction of sp³-hybridized carbons (Fsp3) is 0.125. The van der Waals surface area contributed by atoms with Crippen molar-refractivity contribution in [2.45, 2.75) is 13.2 Å². The van der Waals surface area contributed by atoms with Crippen LogP contribution in [0.1, 0.15) is 16.7 Å². The van der Waals surface area contributed by atoms with E-state index in [0.29, 0.717) is 30.2 Å². The van der Waals surface area contributed by atoms with Crippen molar-refractivity contribution in [3.63, 3.8) is 0 Å². The van der Waals surface area contributed by atoms with Crippen molar-refractivity contribution in [3.8, 4) is 17.6 Å². The Kier molecular flexibility index (Phi) is 7.22. The van der Waals surface area contributed by atoms with E-state index < -0.39 is 0 Å². The van der Waals surface area contributed by atoms with Crippen LogP contribution in [0.25, 0.3) is 0 Å². The van der Waals surface area contributed by atoms with E-state index in [4.69, 9.17) is 25.6 Å². The molecule has 0 amide bonds. The smallest absolute Gasteiger partial charge is 0.162 e. The van der Waals surface area contributed by atoms with Gasteiger partial charge >= 0.3 is 0 Å². The van der Waals surface area contributed by atoms with Gasteiger partial charge in [-0.2, -0.15) is 5.26 Å². The van der Waals surface area contributed by atoms with Gasteiger partial charge in [-0.25, -0.2) is 5.01 Å². The summed E-state index contributed by atoms with van der Waals surface area (Å²) in [6.07, 6.45) is 2.11. The Labute approximate surface area is 181 Å². The monoisotopic (exact) mass is 413 g/mol. The van der Waals surface area contributed by atoms with Gasteiger partial charge in [-0.05, 0) is 47.5 Å². The molecule has 0 fully saturated rings. The molecule has 7 nitrogen and oxygen atoms in total. The van der Waals surface area contributed by atoms with Crippen molar-refractivity contribution in [2.75, 3.05) is 12.1 Å². The summed E-state index contributed by atoms with van der Waals surface area (Å²) >= 11 is 0. The maximum atomic E-state index is 9.04. The number of nitrogens with one attached hydrogen (secondary N) is 2. The molecule has 0 bridgehead atoms. The van der Waals surface area contributed by atoms with Crippen LogP contribution in [0, 0.1) is 22.1 Å².